The molecule has 0 fully saturated rings. The number of amides is 1. The molecule has 0 atom stereocenters. The van der Waals surface area contributed by atoms with Crippen LogP contribution >= 0.6 is 11.8 Å². The quantitative estimate of drug-likeness (QED) is 0.442. The number of ether oxygens (including phenoxy) is 1. The Balaban J connectivity index is 1.39. The van der Waals surface area contributed by atoms with Crippen molar-refractivity contribution >= 4 is 23.3 Å². The van der Waals surface area contributed by atoms with Gasteiger partial charge in [0.2, 0.25) is 11.1 Å². The Morgan fingerprint density at radius 2 is 1.93 bits per heavy atom. The molecule has 1 amide bonds. The minimum absolute atomic E-state index is 0.0448. The van der Waals surface area contributed by atoms with E-state index in [1.807, 2.05) is 54.6 Å². The lowest BCUT2D eigenvalue weighted by atomic mass is 10.1. The van der Waals surface area contributed by atoms with Crippen molar-refractivity contribution in [3.63, 3.8) is 0 Å². The van der Waals surface area contributed by atoms with Crippen molar-refractivity contribution < 1.29 is 9.53 Å². The first-order valence-electron chi connectivity index (χ1n) is 9.53. The number of benzene rings is 2. The molecule has 0 aliphatic rings. The van der Waals surface area contributed by atoms with Crippen LogP contribution in [-0.4, -0.2) is 45.1 Å². The van der Waals surface area contributed by atoms with Gasteiger partial charge in [0, 0.05) is 12.1 Å². The molecule has 2 aromatic carbocycles. The third kappa shape index (κ3) is 4.77. The summed E-state index contributed by atoms with van der Waals surface area (Å²) in [4.78, 5) is 12.2. The van der Waals surface area contributed by atoms with Crippen LogP contribution in [0.4, 0.5) is 0 Å². The third-order valence-electron chi connectivity index (χ3n) is 4.51. The number of nitrogens with one attached hydrogen (secondary N) is 1. The smallest absolute Gasteiger partial charge is 0.230 e. The summed E-state index contributed by atoms with van der Waals surface area (Å²) < 4.78 is 6.95. The van der Waals surface area contributed by atoms with Crippen LogP contribution < -0.4 is 10.1 Å². The topological polar surface area (TPSA) is 81.4 Å². The zero-order valence-electron chi connectivity index (χ0n) is 16.5. The Morgan fingerprint density at radius 1 is 1.07 bits per heavy atom. The van der Waals surface area contributed by atoms with Crippen LogP contribution in [0.3, 0.4) is 0 Å². The molecule has 0 aliphatic heterocycles. The highest BCUT2D eigenvalue weighted by Crippen LogP contribution is 2.23. The van der Waals surface area contributed by atoms with Gasteiger partial charge >= 0.3 is 0 Å². The Kier molecular flexibility index (Phi) is 6.24. The van der Waals surface area contributed by atoms with Crippen molar-refractivity contribution in [2.24, 2.45) is 0 Å². The molecule has 30 heavy (non-hydrogen) atoms. The number of fused-ring (bicyclic) bond motifs is 1. The summed E-state index contributed by atoms with van der Waals surface area (Å²) in [6, 6.07) is 21.5. The van der Waals surface area contributed by atoms with Crippen molar-refractivity contribution in [1.82, 2.24) is 25.1 Å². The van der Waals surface area contributed by atoms with Crippen LogP contribution in [0.25, 0.3) is 16.9 Å². The summed E-state index contributed by atoms with van der Waals surface area (Å²) in [5.41, 5.74) is 3.53. The van der Waals surface area contributed by atoms with Crippen LogP contribution in [-0.2, 0) is 11.2 Å². The molecule has 152 valence electrons. The van der Waals surface area contributed by atoms with Crippen LogP contribution in [0, 0.1) is 0 Å². The highest BCUT2D eigenvalue weighted by atomic mass is 32.2. The monoisotopic (exact) mass is 419 g/mol. The van der Waals surface area contributed by atoms with Crippen LogP contribution in [0.1, 0.15) is 5.56 Å². The number of hydrogen-bond donors (Lipinski definition) is 1. The summed E-state index contributed by atoms with van der Waals surface area (Å²) in [6.07, 6.45) is 0.802. The maximum absolute atomic E-state index is 12.2. The van der Waals surface area contributed by atoms with E-state index < -0.39 is 0 Å². The molecule has 8 heteroatoms. The first-order valence-corrected chi connectivity index (χ1v) is 10.5. The third-order valence-corrected chi connectivity index (χ3v) is 5.43. The average Bonchev–Trinajstić information content (AvgIpc) is 3.20. The summed E-state index contributed by atoms with van der Waals surface area (Å²) in [5, 5.41) is 16.5. The Bertz CT molecular complexity index is 1150. The van der Waals surface area contributed by atoms with E-state index in [0.717, 1.165) is 23.4 Å². The molecule has 0 saturated carbocycles. The van der Waals surface area contributed by atoms with Crippen molar-refractivity contribution in [1.29, 1.82) is 0 Å². The van der Waals surface area contributed by atoms with Gasteiger partial charge in [0.15, 0.2) is 5.65 Å². The number of hydrogen-bond acceptors (Lipinski definition) is 6. The number of aromatic nitrogens is 4. The molecule has 2 aromatic heterocycles. The van der Waals surface area contributed by atoms with Crippen molar-refractivity contribution in [3.8, 4) is 17.0 Å². The molecular formula is C22H21N5O2S. The van der Waals surface area contributed by atoms with Gasteiger partial charge in [-0.3, -0.25) is 4.79 Å². The lowest BCUT2D eigenvalue weighted by Gasteiger charge is -2.06. The highest BCUT2D eigenvalue weighted by Gasteiger charge is 2.12. The molecule has 4 aromatic rings. The van der Waals surface area contributed by atoms with Crippen molar-refractivity contribution in [2.75, 3.05) is 19.4 Å². The number of nitrogens with zero attached hydrogens (tertiary/aromatic N) is 4. The van der Waals surface area contributed by atoms with Gasteiger partial charge < -0.3 is 10.1 Å². The molecule has 0 radical (unpaired) electrons. The van der Waals surface area contributed by atoms with Gasteiger partial charge in [-0.1, -0.05) is 54.2 Å². The maximum Gasteiger partial charge on any atom is 0.230 e. The second-order valence-corrected chi connectivity index (χ2v) is 7.52. The first kappa shape index (κ1) is 19.9. The zero-order valence-corrected chi connectivity index (χ0v) is 17.3. The summed E-state index contributed by atoms with van der Waals surface area (Å²) >= 11 is 1.31. The van der Waals surface area contributed by atoms with E-state index in [2.05, 4.69) is 32.7 Å². The number of carbonyl (C=O) groups is 1. The molecule has 0 bridgehead atoms. The molecule has 2 heterocycles. The van der Waals surface area contributed by atoms with E-state index in [1.165, 1.54) is 17.3 Å². The van der Waals surface area contributed by atoms with Crippen LogP contribution in [0.2, 0.25) is 0 Å². The van der Waals surface area contributed by atoms with Gasteiger partial charge in [-0.15, -0.1) is 10.2 Å². The Labute approximate surface area is 178 Å². The minimum atomic E-state index is -0.0448. The predicted molar refractivity (Wildman–Crippen MR) is 117 cm³/mol. The molecule has 0 saturated heterocycles. The fraction of sp³-hybridized carbons (Fsp3) is 0.182. The van der Waals surface area contributed by atoms with Gasteiger partial charge in [-0.05, 0) is 36.2 Å². The normalized spacial score (nSPS) is 10.8. The molecule has 7 nitrogen and oxygen atoms in total. The van der Waals surface area contributed by atoms with Gasteiger partial charge in [-0.2, -0.15) is 9.61 Å². The standard InChI is InChI=1S/C22H21N5O2S/c1-29-18-9-5-8-17(14-18)19-10-11-20-24-25-22(27(20)26-19)30-15-21(28)23-13-12-16-6-3-2-4-7-16/h2-11,14H,12-13,15H2,1H3,(H,23,28). The van der Waals surface area contributed by atoms with Gasteiger partial charge in [0.1, 0.15) is 5.75 Å². The molecule has 0 spiro atoms. The van der Waals surface area contributed by atoms with E-state index in [4.69, 9.17) is 4.74 Å². The fourth-order valence-corrected chi connectivity index (χ4v) is 3.69. The van der Waals surface area contributed by atoms with E-state index in [0.29, 0.717) is 17.3 Å². The fourth-order valence-electron chi connectivity index (χ4n) is 2.97. The van der Waals surface area contributed by atoms with Gasteiger partial charge in [0.25, 0.3) is 0 Å². The number of rotatable bonds is 8. The average molecular weight is 420 g/mol. The molecular weight excluding hydrogens is 398 g/mol. The second-order valence-electron chi connectivity index (χ2n) is 6.58. The number of methoxy groups -OCH3 is 1. The van der Waals surface area contributed by atoms with Crippen LogP contribution in [0.15, 0.2) is 71.9 Å². The van der Waals surface area contributed by atoms with Crippen LogP contribution in [0.5, 0.6) is 5.75 Å². The van der Waals surface area contributed by atoms with Gasteiger partial charge in [0.05, 0.1) is 18.6 Å². The predicted octanol–water partition coefficient (Wildman–Crippen LogP) is 3.25. The zero-order chi connectivity index (χ0) is 20.8. The maximum atomic E-state index is 12.2. The largest absolute Gasteiger partial charge is 0.497 e. The van der Waals surface area contributed by atoms with E-state index in [9.17, 15) is 4.79 Å². The van der Waals surface area contributed by atoms with Gasteiger partial charge in [-0.25, -0.2) is 0 Å². The molecule has 0 aliphatic carbocycles. The van der Waals surface area contributed by atoms with Crippen molar-refractivity contribution in [2.45, 2.75) is 11.6 Å². The van der Waals surface area contributed by atoms with E-state index >= 15 is 0 Å². The Morgan fingerprint density at radius 3 is 2.77 bits per heavy atom. The molecule has 0 unspecified atom stereocenters. The highest BCUT2D eigenvalue weighted by molar-refractivity contribution is 7.99. The number of carbonyl (C=O) groups excluding carboxylic acids is 1. The minimum Gasteiger partial charge on any atom is -0.497 e. The second kappa shape index (κ2) is 9.41. The lowest BCUT2D eigenvalue weighted by Crippen LogP contribution is -2.27. The SMILES string of the molecule is COc1cccc(-c2ccc3nnc(SCC(=O)NCCc4ccccc4)n3n2)c1. The Hall–Kier alpha value is -3.39. The molecule has 4 rings (SSSR count). The number of thioether (sulfide) groups is 1. The summed E-state index contributed by atoms with van der Waals surface area (Å²) in [6.45, 7) is 0.599. The first-order chi connectivity index (χ1) is 14.7. The summed E-state index contributed by atoms with van der Waals surface area (Å²) in [5.74, 6) is 0.970. The van der Waals surface area contributed by atoms with E-state index in [1.54, 1.807) is 11.6 Å². The summed E-state index contributed by atoms with van der Waals surface area (Å²) in [7, 11) is 1.63. The van der Waals surface area contributed by atoms with Crippen molar-refractivity contribution in [3.05, 3.63) is 72.3 Å². The van der Waals surface area contributed by atoms with E-state index in [-0.39, 0.29) is 11.7 Å². The molecule has 1 N–H and O–H groups in total. The lowest BCUT2D eigenvalue weighted by molar-refractivity contribution is -0.118.